The van der Waals surface area contributed by atoms with Crippen LogP contribution in [0.15, 0.2) is 75.7 Å². The number of ether oxygens (including phenoxy) is 1. The van der Waals surface area contributed by atoms with Crippen molar-refractivity contribution in [2.24, 2.45) is 0 Å². The molecule has 1 aliphatic carbocycles. The first-order chi connectivity index (χ1) is 15.9. The number of aliphatic carboxylic acids is 1. The molecule has 5 nitrogen and oxygen atoms in total. The molecule has 0 spiro atoms. The van der Waals surface area contributed by atoms with Gasteiger partial charge in [-0.25, -0.2) is 4.79 Å². The fraction of sp³-hybridized carbons (Fsp3) is 0.231. The molecule has 0 bridgehead atoms. The van der Waals surface area contributed by atoms with Crippen molar-refractivity contribution in [3.05, 3.63) is 92.4 Å². The quantitative estimate of drug-likeness (QED) is 0.322. The van der Waals surface area contributed by atoms with Gasteiger partial charge in [0.2, 0.25) is 0 Å². The van der Waals surface area contributed by atoms with Crippen molar-refractivity contribution in [3.8, 4) is 11.1 Å². The summed E-state index contributed by atoms with van der Waals surface area (Å²) in [5.74, 6) is -0.922. The van der Waals surface area contributed by atoms with Gasteiger partial charge in [-0.3, -0.25) is 4.79 Å². The molecule has 1 atom stereocenters. The molecule has 3 aromatic rings. The van der Waals surface area contributed by atoms with Gasteiger partial charge in [-0.2, -0.15) is 0 Å². The number of carboxylic acids is 1. The Morgan fingerprint density at radius 1 is 0.939 bits per heavy atom. The number of carbonyl (C=O) groups is 2. The number of carbonyl (C=O) groups excluding carboxylic acids is 1. The maximum Gasteiger partial charge on any atom is 0.407 e. The minimum absolute atomic E-state index is 0.0250. The lowest BCUT2D eigenvalue weighted by atomic mass is 9.98. The van der Waals surface area contributed by atoms with Crippen LogP contribution in [0.2, 0.25) is 0 Å². The molecule has 2 N–H and O–H groups in total. The second-order valence-electron chi connectivity index (χ2n) is 8.05. The molecule has 0 saturated heterocycles. The lowest BCUT2D eigenvalue weighted by Crippen LogP contribution is -2.37. The average Bonchev–Trinajstić information content (AvgIpc) is 3.12. The zero-order chi connectivity index (χ0) is 23.4. The summed E-state index contributed by atoms with van der Waals surface area (Å²) in [5, 5.41) is 12.0. The number of alkyl carbamates (subject to hydrolysis) is 1. The molecule has 0 aromatic heterocycles. The second kappa shape index (κ2) is 10.5. The van der Waals surface area contributed by atoms with E-state index in [0.29, 0.717) is 12.8 Å². The van der Waals surface area contributed by atoms with Crippen molar-refractivity contribution >= 4 is 43.9 Å². The number of fused-ring (bicyclic) bond motifs is 3. The highest BCUT2D eigenvalue weighted by Gasteiger charge is 2.29. The summed E-state index contributed by atoms with van der Waals surface area (Å²) in [6, 6.07) is 21.8. The molecule has 1 unspecified atom stereocenters. The van der Waals surface area contributed by atoms with Crippen LogP contribution in [-0.4, -0.2) is 29.8 Å². The summed E-state index contributed by atoms with van der Waals surface area (Å²) in [5.41, 5.74) is 5.62. The molecule has 0 heterocycles. The highest BCUT2D eigenvalue weighted by atomic mass is 79.9. The number of halogens is 2. The van der Waals surface area contributed by atoms with Gasteiger partial charge in [0.15, 0.2) is 0 Å². The summed E-state index contributed by atoms with van der Waals surface area (Å²) >= 11 is 6.93. The summed E-state index contributed by atoms with van der Waals surface area (Å²) < 4.78 is 7.47. The molecule has 0 saturated carbocycles. The zero-order valence-corrected chi connectivity index (χ0v) is 20.9. The van der Waals surface area contributed by atoms with Gasteiger partial charge in [-0.1, -0.05) is 54.6 Å². The van der Waals surface area contributed by atoms with Gasteiger partial charge in [0, 0.05) is 27.3 Å². The lowest BCUT2D eigenvalue weighted by molar-refractivity contribution is -0.137. The van der Waals surface area contributed by atoms with Crippen molar-refractivity contribution in [1.82, 2.24) is 5.32 Å². The number of carboxylic acid groups (broad SMARTS) is 1. The molecular weight excluding hydrogens is 550 g/mol. The third kappa shape index (κ3) is 5.65. The Hall–Kier alpha value is -2.64. The van der Waals surface area contributed by atoms with E-state index in [1.54, 1.807) is 0 Å². The van der Waals surface area contributed by atoms with Gasteiger partial charge >= 0.3 is 12.1 Å². The van der Waals surface area contributed by atoms with Crippen molar-refractivity contribution in [2.45, 2.75) is 31.2 Å². The Morgan fingerprint density at radius 2 is 1.58 bits per heavy atom. The molecule has 33 heavy (non-hydrogen) atoms. The molecular formula is C26H23Br2NO4. The van der Waals surface area contributed by atoms with E-state index in [-0.39, 0.29) is 25.0 Å². The van der Waals surface area contributed by atoms with E-state index in [0.717, 1.165) is 25.6 Å². The number of hydrogen-bond donors (Lipinski definition) is 2. The molecule has 3 aromatic carbocycles. The Morgan fingerprint density at radius 3 is 2.18 bits per heavy atom. The van der Waals surface area contributed by atoms with Crippen molar-refractivity contribution < 1.29 is 19.4 Å². The summed E-state index contributed by atoms with van der Waals surface area (Å²) in [6.45, 7) is 0.218. The van der Waals surface area contributed by atoms with Crippen LogP contribution < -0.4 is 5.32 Å². The first-order valence-electron chi connectivity index (χ1n) is 10.7. The van der Waals surface area contributed by atoms with E-state index >= 15 is 0 Å². The first kappa shape index (κ1) is 23.5. The van der Waals surface area contributed by atoms with Crippen molar-refractivity contribution in [2.75, 3.05) is 6.61 Å². The van der Waals surface area contributed by atoms with Crippen LogP contribution in [0, 0.1) is 0 Å². The highest BCUT2D eigenvalue weighted by molar-refractivity contribution is 9.13. The van der Waals surface area contributed by atoms with E-state index < -0.39 is 12.1 Å². The van der Waals surface area contributed by atoms with Crippen molar-refractivity contribution in [1.29, 1.82) is 0 Å². The maximum absolute atomic E-state index is 12.7. The van der Waals surface area contributed by atoms with Gasteiger partial charge in [0.25, 0.3) is 0 Å². The fourth-order valence-electron chi connectivity index (χ4n) is 4.28. The molecule has 0 radical (unpaired) electrons. The molecule has 7 heteroatoms. The zero-order valence-electron chi connectivity index (χ0n) is 17.8. The number of amides is 1. The highest BCUT2D eigenvalue weighted by Crippen LogP contribution is 2.44. The first-order valence-corrected chi connectivity index (χ1v) is 12.3. The van der Waals surface area contributed by atoms with Gasteiger partial charge in [-0.15, -0.1) is 0 Å². The monoisotopic (exact) mass is 571 g/mol. The van der Waals surface area contributed by atoms with Gasteiger partial charge in [0.1, 0.15) is 6.61 Å². The van der Waals surface area contributed by atoms with Crippen LogP contribution in [0.5, 0.6) is 0 Å². The smallest absolute Gasteiger partial charge is 0.407 e. The van der Waals surface area contributed by atoms with E-state index in [4.69, 9.17) is 9.84 Å². The normalized spacial score (nSPS) is 13.2. The number of rotatable bonds is 8. The van der Waals surface area contributed by atoms with Crippen LogP contribution in [0.4, 0.5) is 4.79 Å². The van der Waals surface area contributed by atoms with Crippen LogP contribution in [0.3, 0.4) is 0 Å². The van der Waals surface area contributed by atoms with Gasteiger partial charge in [0.05, 0.1) is 0 Å². The predicted octanol–water partition coefficient (Wildman–Crippen LogP) is 6.53. The summed E-state index contributed by atoms with van der Waals surface area (Å²) in [7, 11) is 0. The van der Waals surface area contributed by atoms with Crippen molar-refractivity contribution in [3.63, 3.8) is 0 Å². The van der Waals surface area contributed by atoms with Crippen LogP contribution >= 0.6 is 31.9 Å². The maximum atomic E-state index is 12.7. The lowest BCUT2D eigenvalue weighted by Gasteiger charge is -2.20. The molecule has 1 aliphatic rings. The van der Waals surface area contributed by atoms with E-state index in [9.17, 15) is 9.59 Å². The SMILES string of the molecule is O=C(O)CCC(Cc1ccc(Br)c(Br)c1)NC(=O)OCC1c2ccccc2-c2ccccc21. The minimum atomic E-state index is -0.897. The van der Waals surface area contributed by atoms with Crippen LogP contribution in [0.1, 0.15) is 35.4 Å². The van der Waals surface area contributed by atoms with Gasteiger partial charge in [-0.05, 0) is 84.7 Å². The van der Waals surface area contributed by atoms with Crippen LogP contribution in [-0.2, 0) is 16.0 Å². The fourth-order valence-corrected chi connectivity index (χ4v) is 4.95. The van der Waals surface area contributed by atoms with Crippen LogP contribution in [0.25, 0.3) is 11.1 Å². The molecule has 170 valence electrons. The molecule has 0 fully saturated rings. The number of nitrogens with one attached hydrogen (secondary N) is 1. The molecule has 1 amide bonds. The topological polar surface area (TPSA) is 75.6 Å². The summed E-state index contributed by atoms with van der Waals surface area (Å²) in [4.78, 5) is 23.8. The Labute approximate surface area is 209 Å². The molecule has 0 aliphatic heterocycles. The van der Waals surface area contributed by atoms with E-state index in [1.807, 2.05) is 42.5 Å². The third-order valence-corrected chi connectivity index (χ3v) is 7.72. The number of hydrogen-bond acceptors (Lipinski definition) is 3. The van der Waals surface area contributed by atoms with Gasteiger partial charge < -0.3 is 15.2 Å². The molecule has 4 rings (SSSR count). The van der Waals surface area contributed by atoms with E-state index in [1.165, 1.54) is 11.1 Å². The second-order valence-corrected chi connectivity index (χ2v) is 9.76. The Bertz CT molecular complexity index is 1130. The largest absolute Gasteiger partial charge is 0.481 e. The Kier molecular flexibility index (Phi) is 7.50. The minimum Gasteiger partial charge on any atom is -0.481 e. The predicted molar refractivity (Wildman–Crippen MR) is 134 cm³/mol. The van der Waals surface area contributed by atoms with E-state index in [2.05, 4.69) is 61.4 Å². The third-order valence-electron chi connectivity index (χ3n) is 5.84. The average molecular weight is 573 g/mol. The standard InChI is InChI=1S/C26H23Br2NO4/c27-23-11-9-16(14-24(23)28)13-17(10-12-25(30)31)29-26(32)33-15-22-20-7-3-1-5-18(20)19-6-2-4-8-21(19)22/h1-9,11,14,17,22H,10,12-13,15H2,(H,29,32)(H,30,31). The Balaban J connectivity index is 1.43. The summed E-state index contributed by atoms with van der Waals surface area (Å²) in [6.07, 6.45) is 0.242. The number of benzene rings is 3.